The van der Waals surface area contributed by atoms with Crippen LogP contribution >= 0.6 is 11.6 Å². The predicted octanol–water partition coefficient (Wildman–Crippen LogP) is 6.03. The molecular weight excluding hydrogens is 486 g/mol. The summed E-state index contributed by atoms with van der Waals surface area (Å²) in [5, 5.41) is 13.6. The fraction of sp³-hybridized carbons (Fsp3) is 0.300. The lowest BCUT2D eigenvalue weighted by molar-refractivity contribution is -0.141. The van der Waals surface area contributed by atoms with Crippen molar-refractivity contribution in [3.05, 3.63) is 107 Å². The highest BCUT2D eigenvalue weighted by Crippen LogP contribution is 2.25. The molecule has 7 heteroatoms. The number of nitrogens with zero attached hydrogens (tertiary/aromatic N) is 2. The van der Waals surface area contributed by atoms with Crippen LogP contribution in [0.1, 0.15) is 53.5 Å². The molecule has 1 amide bonds. The molecule has 0 aliphatic heterocycles. The smallest absolute Gasteiger partial charge is 0.307 e. The molecule has 6 nitrogen and oxygen atoms in total. The Kier molecular flexibility index (Phi) is 8.62. The molecule has 0 saturated carbocycles. The molecule has 0 radical (unpaired) electrons. The van der Waals surface area contributed by atoms with Crippen LogP contribution in [0, 0.1) is 11.8 Å². The van der Waals surface area contributed by atoms with E-state index in [-0.39, 0.29) is 18.2 Å². The number of aromatic nitrogens is 2. The first kappa shape index (κ1) is 26.4. The van der Waals surface area contributed by atoms with Crippen LogP contribution in [0.3, 0.4) is 0 Å². The van der Waals surface area contributed by atoms with E-state index in [1.54, 1.807) is 22.7 Å². The Balaban J connectivity index is 1.50. The van der Waals surface area contributed by atoms with Crippen LogP contribution in [0.5, 0.6) is 0 Å². The third-order valence-corrected chi connectivity index (χ3v) is 6.76. The van der Waals surface area contributed by atoms with Gasteiger partial charge in [0.15, 0.2) is 0 Å². The second-order valence-corrected chi connectivity index (χ2v) is 10.3. The molecule has 0 aliphatic carbocycles. The van der Waals surface area contributed by atoms with E-state index in [1.807, 2.05) is 60.7 Å². The van der Waals surface area contributed by atoms with Crippen LogP contribution in [-0.4, -0.2) is 32.9 Å². The number of rotatable bonds is 11. The summed E-state index contributed by atoms with van der Waals surface area (Å²) in [6.07, 6.45) is 3.40. The van der Waals surface area contributed by atoms with Crippen molar-refractivity contribution >= 4 is 29.1 Å². The number of pyridine rings is 1. The minimum absolute atomic E-state index is 0.160. The van der Waals surface area contributed by atoms with Crippen LogP contribution in [0.15, 0.2) is 79.0 Å². The van der Waals surface area contributed by atoms with E-state index in [1.165, 1.54) is 0 Å². The zero-order valence-electron chi connectivity index (χ0n) is 21.1. The van der Waals surface area contributed by atoms with Gasteiger partial charge in [-0.15, -0.1) is 0 Å². The second kappa shape index (κ2) is 12.1. The van der Waals surface area contributed by atoms with Gasteiger partial charge in [0.1, 0.15) is 11.3 Å². The molecule has 2 unspecified atom stereocenters. The molecular formula is C30H32ClN3O3. The molecule has 0 fully saturated rings. The monoisotopic (exact) mass is 517 g/mol. The average Bonchev–Trinajstić information content (AvgIpc) is 3.29. The number of carboxylic acid groups (broad SMARTS) is 1. The number of hydrogen-bond acceptors (Lipinski definition) is 3. The summed E-state index contributed by atoms with van der Waals surface area (Å²) in [6.45, 7) is 4.83. The van der Waals surface area contributed by atoms with Gasteiger partial charge in [-0.2, -0.15) is 0 Å². The first-order chi connectivity index (χ1) is 17.8. The quantitative estimate of drug-likeness (QED) is 0.254. The van der Waals surface area contributed by atoms with Gasteiger partial charge in [0, 0.05) is 30.1 Å². The molecule has 192 valence electrons. The highest BCUT2D eigenvalue weighted by Gasteiger charge is 2.22. The SMILES string of the molecule is CC(C)CC(CNC(=O)c1cccc2nc(CC(Cc3ccccc3)C(=O)O)cn12)c1ccc(Cl)cc1. The van der Waals surface area contributed by atoms with Gasteiger partial charge in [-0.25, -0.2) is 4.98 Å². The van der Waals surface area contributed by atoms with Crippen LogP contribution in [-0.2, 0) is 17.6 Å². The van der Waals surface area contributed by atoms with Crippen molar-refractivity contribution in [3.8, 4) is 0 Å². The van der Waals surface area contributed by atoms with E-state index in [0.29, 0.717) is 40.9 Å². The number of amides is 1. The molecule has 37 heavy (non-hydrogen) atoms. The van der Waals surface area contributed by atoms with Crippen molar-refractivity contribution in [1.29, 1.82) is 0 Å². The van der Waals surface area contributed by atoms with Gasteiger partial charge in [0.2, 0.25) is 0 Å². The fourth-order valence-electron chi connectivity index (χ4n) is 4.69. The molecule has 2 aromatic heterocycles. The standard InChI is InChI=1S/C30H32ClN3O3/c1-20(2)15-24(22-11-13-25(31)14-12-22)18-32-29(35)27-9-6-10-28-33-26(19-34(27)28)17-23(30(36)37)16-21-7-4-3-5-8-21/h3-14,19-20,23-24H,15-18H2,1-2H3,(H,32,35)(H,36,37). The molecule has 2 aromatic carbocycles. The number of carbonyl (C=O) groups excluding carboxylic acids is 1. The van der Waals surface area contributed by atoms with E-state index in [9.17, 15) is 14.7 Å². The number of halogens is 1. The van der Waals surface area contributed by atoms with Crippen molar-refractivity contribution in [1.82, 2.24) is 14.7 Å². The van der Waals surface area contributed by atoms with Gasteiger partial charge in [0.05, 0.1) is 11.6 Å². The highest BCUT2D eigenvalue weighted by atomic mass is 35.5. The third kappa shape index (κ3) is 6.98. The summed E-state index contributed by atoms with van der Waals surface area (Å²) < 4.78 is 1.74. The van der Waals surface area contributed by atoms with Crippen LogP contribution < -0.4 is 5.32 Å². The molecule has 4 aromatic rings. The topological polar surface area (TPSA) is 83.7 Å². The van der Waals surface area contributed by atoms with Crippen molar-refractivity contribution in [2.75, 3.05) is 6.54 Å². The molecule has 2 atom stereocenters. The van der Waals surface area contributed by atoms with Crippen molar-refractivity contribution in [2.45, 2.75) is 39.0 Å². The lowest BCUT2D eigenvalue weighted by atomic mass is 9.90. The van der Waals surface area contributed by atoms with Crippen molar-refractivity contribution in [3.63, 3.8) is 0 Å². The van der Waals surface area contributed by atoms with E-state index >= 15 is 0 Å². The minimum Gasteiger partial charge on any atom is -0.481 e. The van der Waals surface area contributed by atoms with Gasteiger partial charge in [-0.1, -0.05) is 74.0 Å². The number of benzene rings is 2. The molecule has 0 aliphatic rings. The number of nitrogens with one attached hydrogen (secondary N) is 1. The van der Waals surface area contributed by atoms with E-state index in [2.05, 4.69) is 24.1 Å². The number of carbonyl (C=O) groups is 2. The molecule has 0 spiro atoms. The Morgan fingerprint density at radius 3 is 2.38 bits per heavy atom. The van der Waals surface area contributed by atoms with Crippen molar-refractivity contribution < 1.29 is 14.7 Å². The maximum Gasteiger partial charge on any atom is 0.307 e. The van der Waals surface area contributed by atoms with E-state index in [0.717, 1.165) is 17.5 Å². The number of carboxylic acids is 1. The van der Waals surface area contributed by atoms with Gasteiger partial charge >= 0.3 is 5.97 Å². The van der Waals surface area contributed by atoms with Gasteiger partial charge in [-0.05, 0) is 54.2 Å². The fourth-order valence-corrected chi connectivity index (χ4v) is 4.82. The Morgan fingerprint density at radius 2 is 1.70 bits per heavy atom. The van der Waals surface area contributed by atoms with Gasteiger partial charge in [-0.3, -0.25) is 14.0 Å². The minimum atomic E-state index is -0.864. The van der Waals surface area contributed by atoms with E-state index < -0.39 is 11.9 Å². The Bertz CT molecular complexity index is 1350. The normalized spacial score (nSPS) is 13.0. The molecule has 4 rings (SSSR count). The van der Waals surface area contributed by atoms with E-state index in [4.69, 9.17) is 11.6 Å². The summed E-state index contributed by atoms with van der Waals surface area (Å²) in [6, 6.07) is 22.7. The second-order valence-electron chi connectivity index (χ2n) is 9.89. The number of aliphatic carboxylic acids is 1. The third-order valence-electron chi connectivity index (χ3n) is 6.51. The lowest BCUT2D eigenvalue weighted by Crippen LogP contribution is -2.30. The first-order valence-corrected chi connectivity index (χ1v) is 13.0. The summed E-state index contributed by atoms with van der Waals surface area (Å²) >= 11 is 6.07. The Hall–Kier alpha value is -3.64. The summed E-state index contributed by atoms with van der Waals surface area (Å²) in [5.41, 5.74) is 3.82. The largest absolute Gasteiger partial charge is 0.481 e. The molecule has 0 bridgehead atoms. The maximum atomic E-state index is 13.2. The lowest BCUT2D eigenvalue weighted by Gasteiger charge is -2.20. The maximum absolute atomic E-state index is 13.2. The summed E-state index contributed by atoms with van der Waals surface area (Å²) in [5.74, 6) is -1.04. The van der Waals surface area contributed by atoms with Crippen LogP contribution in [0.25, 0.3) is 5.65 Å². The number of imidazole rings is 1. The average molecular weight is 518 g/mol. The zero-order chi connectivity index (χ0) is 26.4. The number of fused-ring (bicyclic) bond motifs is 1. The summed E-state index contributed by atoms with van der Waals surface area (Å²) in [4.78, 5) is 29.8. The summed E-state index contributed by atoms with van der Waals surface area (Å²) in [7, 11) is 0. The highest BCUT2D eigenvalue weighted by molar-refractivity contribution is 6.30. The van der Waals surface area contributed by atoms with Gasteiger partial charge in [0.25, 0.3) is 5.91 Å². The molecule has 0 saturated heterocycles. The van der Waals surface area contributed by atoms with Gasteiger partial charge < -0.3 is 10.4 Å². The predicted molar refractivity (Wildman–Crippen MR) is 146 cm³/mol. The zero-order valence-corrected chi connectivity index (χ0v) is 21.9. The number of hydrogen-bond donors (Lipinski definition) is 2. The molecule has 2 heterocycles. The first-order valence-electron chi connectivity index (χ1n) is 12.6. The van der Waals surface area contributed by atoms with Crippen LogP contribution in [0.4, 0.5) is 0 Å². The van der Waals surface area contributed by atoms with Crippen LogP contribution in [0.2, 0.25) is 5.02 Å². The Labute approximate surface area is 222 Å². The Morgan fingerprint density at radius 1 is 0.973 bits per heavy atom. The molecule has 2 N–H and O–H groups in total. The van der Waals surface area contributed by atoms with Crippen molar-refractivity contribution in [2.24, 2.45) is 11.8 Å².